The molecular formula is C20H24N2O5S. The van der Waals surface area contributed by atoms with Crippen molar-refractivity contribution < 1.29 is 22.7 Å². The molecule has 1 N–H and O–H groups in total. The van der Waals surface area contributed by atoms with Crippen LogP contribution in [0.25, 0.3) is 0 Å². The van der Waals surface area contributed by atoms with E-state index in [1.165, 1.54) is 0 Å². The summed E-state index contributed by atoms with van der Waals surface area (Å²) in [5.41, 5.74) is 1.29. The van der Waals surface area contributed by atoms with Crippen LogP contribution in [0.15, 0.2) is 48.5 Å². The van der Waals surface area contributed by atoms with E-state index in [1.54, 1.807) is 25.1 Å². The molecule has 1 heterocycles. The third kappa shape index (κ3) is 4.39. The normalized spacial score (nSPS) is 15.4. The zero-order valence-electron chi connectivity index (χ0n) is 16.1. The van der Waals surface area contributed by atoms with Gasteiger partial charge in [-0.1, -0.05) is 30.3 Å². The van der Waals surface area contributed by atoms with Crippen molar-refractivity contribution in [1.82, 2.24) is 5.32 Å². The van der Waals surface area contributed by atoms with Gasteiger partial charge in [0.2, 0.25) is 15.9 Å². The average molecular weight is 404 g/mol. The number of carbonyl (C=O) groups excluding carboxylic acids is 1. The fourth-order valence-electron chi connectivity index (χ4n) is 3.14. The van der Waals surface area contributed by atoms with Gasteiger partial charge < -0.3 is 14.8 Å². The summed E-state index contributed by atoms with van der Waals surface area (Å²) in [5.74, 6) is 0.623. The number of nitrogens with zero attached hydrogens (tertiary/aromatic N) is 1. The number of nitrogens with one attached hydrogen (secondary N) is 1. The topological polar surface area (TPSA) is 84.9 Å². The molecule has 0 bridgehead atoms. The molecule has 28 heavy (non-hydrogen) atoms. The number of hydrogen-bond acceptors (Lipinski definition) is 5. The minimum Gasteiger partial charge on any atom is -0.486 e. The third-order valence-electron chi connectivity index (χ3n) is 4.53. The van der Waals surface area contributed by atoms with E-state index in [4.69, 9.17) is 9.47 Å². The molecule has 0 saturated carbocycles. The second kappa shape index (κ2) is 8.10. The van der Waals surface area contributed by atoms with Crippen molar-refractivity contribution in [2.75, 3.05) is 23.8 Å². The zero-order valence-corrected chi connectivity index (χ0v) is 16.9. The zero-order chi connectivity index (χ0) is 20.3. The van der Waals surface area contributed by atoms with Crippen LogP contribution in [0.5, 0.6) is 11.5 Å². The first-order valence-electron chi connectivity index (χ1n) is 9.02. The Morgan fingerprint density at radius 2 is 1.68 bits per heavy atom. The molecule has 8 heteroatoms. The molecule has 3 rings (SSSR count). The first kappa shape index (κ1) is 20.0. The van der Waals surface area contributed by atoms with E-state index in [2.05, 4.69) is 5.32 Å². The maximum absolute atomic E-state index is 12.8. The van der Waals surface area contributed by atoms with Gasteiger partial charge in [0.05, 0.1) is 18.0 Å². The summed E-state index contributed by atoms with van der Waals surface area (Å²) in [4.78, 5) is 12.8. The maximum Gasteiger partial charge on any atom is 0.244 e. The van der Waals surface area contributed by atoms with Crippen molar-refractivity contribution in [1.29, 1.82) is 0 Å². The molecule has 2 aromatic rings. The molecular weight excluding hydrogens is 380 g/mol. The summed E-state index contributed by atoms with van der Waals surface area (Å²) >= 11 is 0. The van der Waals surface area contributed by atoms with Crippen molar-refractivity contribution in [3.8, 4) is 11.5 Å². The molecule has 0 radical (unpaired) electrons. The Kier molecular flexibility index (Phi) is 5.79. The Morgan fingerprint density at radius 1 is 1.04 bits per heavy atom. The molecule has 0 aliphatic carbocycles. The monoisotopic (exact) mass is 404 g/mol. The lowest BCUT2D eigenvalue weighted by Gasteiger charge is -2.30. The van der Waals surface area contributed by atoms with E-state index in [0.29, 0.717) is 30.4 Å². The van der Waals surface area contributed by atoms with Crippen LogP contribution in [0.2, 0.25) is 0 Å². The van der Waals surface area contributed by atoms with Crippen LogP contribution in [0.1, 0.15) is 25.5 Å². The quantitative estimate of drug-likeness (QED) is 0.800. The van der Waals surface area contributed by atoms with Gasteiger partial charge in [0.1, 0.15) is 19.3 Å². The van der Waals surface area contributed by atoms with Gasteiger partial charge in [0.25, 0.3) is 0 Å². The highest BCUT2D eigenvalue weighted by Gasteiger charge is 2.31. The molecule has 0 saturated heterocycles. The Morgan fingerprint density at radius 3 is 2.32 bits per heavy atom. The summed E-state index contributed by atoms with van der Waals surface area (Å²) in [6.45, 7) is 4.25. The van der Waals surface area contributed by atoms with Gasteiger partial charge in [-0.3, -0.25) is 9.10 Å². The Balaban J connectivity index is 1.84. The lowest BCUT2D eigenvalue weighted by molar-refractivity contribution is -0.122. The fourth-order valence-corrected chi connectivity index (χ4v) is 4.30. The number of anilines is 1. The third-order valence-corrected chi connectivity index (χ3v) is 5.77. The van der Waals surface area contributed by atoms with Gasteiger partial charge >= 0.3 is 0 Å². The number of benzene rings is 2. The minimum atomic E-state index is -3.71. The Hall–Kier alpha value is -2.74. The molecule has 1 amide bonds. The van der Waals surface area contributed by atoms with Crippen LogP contribution in [0, 0.1) is 0 Å². The first-order valence-corrected chi connectivity index (χ1v) is 10.9. The minimum absolute atomic E-state index is 0.252. The van der Waals surface area contributed by atoms with Gasteiger partial charge in [0, 0.05) is 6.07 Å². The van der Waals surface area contributed by atoms with Crippen LogP contribution in [-0.2, 0) is 14.8 Å². The van der Waals surface area contributed by atoms with Crippen molar-refractivity contribution in [3.63, 3.8) is 0 Å². The van der Waals surface area contributed by atoms with Gasteiger partial charge in [-0.2, -0.15) is 0 Å². The van der Waals surface area contributed by atoms with E-state index in [-0.39, 0.29) is 6.04 Å². The highest BCUT2D eigenvalue weighted by molar-refractivity contribution is 7.92. The van der Waals surface area contributed by atoms with E-state index in [9.17, 15) is 13.2 Å². The van der Waals surface area contributed by atoms with Gasteiger partial charge in [-0.15, -0.1) is 0 Å². The molecule has 1 aliphatic rings. The molecule has 0 fully saturated rings. The largest absolute Gasteiger partial charge is 0.486 e. The summed E-state index contributed by atoms with van der Waals surface area (Å²) in [6.07, 6.45) is 1.08. The SMILES string of the molecule is C[C@H](NC(=O)[C@H](C)N(c1ccc2c(c1)OCCO2)S(C)(=O)=O)c1ccccc1. The number of sulfonamides is 1. The Labute approximate surface area is 165 Å². The predicted molar refractivity (Wildman–Crippen MR) is 107 cm³/mol. The lowest BCUT2D eigenvalue weighted by Crippen LogP contribution is -2.48. The summed E-state index contributed by atoms with van der Waals surface area (Å²) in [6, 6.07) is 13.1. The van der Waals surface area contributed by atoms with Crippen LogP contribution in [-0.4, -0.2) is 39.8 Å². The standard InChI is InChI=1S/C20H24N2O5S/c1-14(16-7-5-4-6-8-16)21-20(23)15(2)22(28(3,24)25)17-9-10-18-19(13-17)27-12-11-26-18/h4-10,13-15H,11-12H2,1-3H3,(H,21,23)/t14-,15-/m0/s1. The predicted octanol–water partition coefficient (Wildman–Crippen LogP) is 2.49. The van der Waals surface area contributed by atoms with E-state index >= 15 is 0 Å². The van der Waals surface area contributed by atoms with Crippen LogP contribution >= 0.6 is 0 Å². The number of fused-ring (bicyclic) bond motifs is 1. The molecule has 0 unspecified atom stereocenters. The summed E-state index contributed by atoms with van der Waals surface area (Å²) < 4.78 is 37.1. The smallest absolute Gasteiger partial charge is 0.244 e. The number of hydrogen-bond donors (Lipinski definition) is 1. The molecule has 1 aliphatic heterocycles. The van der Waals surface area contributed by atoms with Gasteiger partial charge in [-0.25, -0.2) is 8.42 Å². The molecule has 2 aromatic carbocycles. The number of rotatable bonds is 6. The molecule has 2 atom stereocenters. The summed E-state index contributed by atoms with van der Waals surface area (Å²) in [7, 11) is -3.71. The number of amides is 1. The second-order valence-electron chi connectivity index (χ2n) is 6.70. The number of ether oxygens (including phenoxy) is 2. The number of carbonyl (C=O) groups is 1. The van der Waals surface area contributed by atoms with E-state index in [1.807, 2.05) is 37.3 Å². The van der Waals surface area contributed by atoms with Crippen LogP contribution in [0.3, 0.4) is 0 Å². The maximum atomic E-state index is 12.8. The van der Waals surface area contributed by atoms with Gasteiger partial charge in [-0.05, 0) is 31.5 Å². The van der Waals surface area contributed by atoms with Crippen molar-refractivity contribution >= 4 is 21.6 Å². The van der Waals surface area contributed by atoms with Crippen molar-refractivity contribution in [2.45, 2.75) is 25.9 Å². The molecule has 150 valence electrons. The van der Waals surface area contributed by atoms with Crippen molar-refractivity contribution in [2.24, 2.45) is 0 Å². The second-order valence-corrected chi connectivity index (χ2v) is 8.56. The van der Waals surface area contributed by atoms with Crippen LogP contribution < -0.4 is 19.1 Å². The molecule has 0 spiro atoms. The summed E-state index contributed by atoms with van der Waals surface area (Å²) in [5, 5.41) is 2.88. The van der Waals surface area contributed by atoms with Crippen LogP contribution in [0.4, 0.5) is 5.69 Å². The fraction of sp³-hybridized carbons (Fsp3) is 0.350. The first-order chi connectivity index (χ1) is 13.3. The lowest BCUT2D eigenvalue weighted by atomic mass is 10.1. The van der Waals surface area contributed by atoms with Crippen molar-refractivity contribution in [3.05, 3.63) is 54.1 Å². The van der Waals surface area contributed by atoms with E-state index < -0.39 is 22.0 Å². The Bertz CT molecular complexity index is 946. The molecule has 0 aromatic heterocycles. The highest BCUT2D eigenvalue weighted by atomic mass is 32.2. The van der Waals surface area contributed by atoms with E-state index in [0.717, 1.165) is 16.1 Å². The molecule has 7 nitrogen and oxygen atoms in total. The average Bonchev–Trinajstić information content (AvgIpc) is 2.67. The van der Waals surface area contributed by atoms with Gasteiger partial charge in [0.15, 0.2) is 11.5 Å². The highest BCUT2D eigenvalue weighted by Crippen LogP contribution is 2.35.